The summed E-state index contributed by atoms with van der Waals surface area (Å²) in [5.74, 6) is 1.12. The number of ether oxygens (including phenoxy) is 2. The average Bonchev–Trinajstić information content (AvgIpc) is 2.95. The van der Waals surface area contributed by atoms with Crippen LogP contribution in [0.3, 0.4) is 0 Å². The van der Waals surface area contributed by atoms with E-state index in [1.54, 1.807) is 43.6 Å². The number of carbonyl (C=O) groups excluding carboxylic acids is 1. The van der Waals surface area contributed by atoms with E-state index in [-0.39, 0.29) is 12.1 Å². The van der Waals surface area contributed by atoms with Crippen molar-refractivity contribution in [1.82, 2.24) is 4.90 Å². The Morgan fingerprint density at radius 1 is 1.23 bits per heavy atom. The minimum atomic E-state index is -0.168. The number of anilines is 1. The van der Waals surface area contributed by atoms with Gasteiger partial charge in [0.15, 0.2) is 11.5 Å². The molecule has 0 saturated heterocycles. The van der Waals surface area contributed by atoms with E-state index in [4.69, 9.17) is 9.47 Å². The van der Waals surface area contributed by atoms with Crippen molar-refractivity contribution in [2.75, 3.05) is 26.6 Å². The van der Waals surface area contributed by atoms with Crippen molar-refractivity contribution < 1.29 is 14.3 Å². The average molecular weight is 318 g/mol. The molecule has 5 nitrogen and oxygen atoms in total. The molecular weight excluding hydrogens is 300 g/mol. The summed E-state index contributed by atoms with van der Waals surface area (Å²) < 4.78 is 10.6. The molecule has 1 atom stereocenters. The van der Waals surface area contributed by atoms with Gasteiger partial charge in [-0.2, -0.15) is 0 Å². The standard InChI is InChI=1S/C16H18N2O3S/c1-9-5-6-22-14(9)15-17-11-8-13(21-4)12(20-3)7-10(11)16(19)18(15)2/h5-8,15,17H,1-4H3. The van der Waals surface area contributed by atoms with Crippen molar-refractivity contribution in [3.8, 4) is 11.5 Å². The predicted molar refractivity (Wildman–Crippen MR) is 87.1 cm³/mol. The van der Waals surface area contributed by atoms with Crippen LogP contribution >= 0.6 is 11.3 Å². The van der Waals surface area contributed by atoms with Crippen LogP contribution in [0.4, 0.5) is 5.69 Å². The number of amides is 1. The van der Waals surface area contributed by atoms with E-state index in [0.29, 0.717) is 17.1 Å². The highest BCUT2D eigenvalue weighted by atomic mass is 32.1. The summed E-state index contributed by atoms with van der Waals surface area (Å²) in [6.07, 6.45) is -0.168. The number of hydrogen-bond donors (Lipinski definition) is 1. The van der Waals surface area contributed by atoms with Gasteiger partial charge in [-0.05, 0) is 30.0 Å². The maximum absolute atomic E-state index is 12.7. The first-order valence-corrected chi connectivity index (χ1v) is 7.78. The van der Waals surface area contributed by atoms with Crippen LogP contribution in [0.1, 0.15) is 27.0 Å². The zero-order valence-electron chi connectivity index (χ0n) is 13.0. The Kier molecular flexibility index (Phi) is 3.70. The van der Waals surface area contributed by atoms with Gasteiger partial charge in [0, 0.05) is 13.1 Å². The highest BCUT2D eigenvalue weighted by Crippen LogP contribution is 2.40. The molecule has 1 aromatic carbocycles. The number of benzene rings is 1. The van der Waals surface area contributed by atoms with Crippen LogP contribution < -0.4 is 14.8 Å². The molecule has 116 valence electrons. The Hall–Kier alpha value is -2.21. The molecule has 2 aromatic rings. The molecule has 1 N–H and O–H groups in total. The Labute approximate surface area is 133 Å². The maximum Gasteiger partial charge on any atom is 0.257 e. The number of carbonyl (C=O) groups is 1. The SMILES string of the molecule is COc1cc2c(cc1OC)C(=O)N(C)C(c1sccc1C)N2. The summed E-state index contributed by atoms with van der Waals surface area (Å²) in [7, 11) is 4.95. The number of methoxy groups -OCH3 is 2. The second kappa shape index (κ2) is 5.53. The summed E-state index contributed by atoms with van der Waals surface area (Å²) in [6.45, 7) is 2.05. The van der Waals surface area contributed by atoms with Crippen molar-refractivity contribution in [3.05, 3.63) is 39.6 Å². The third-order valence-electron chi connectivity index (χ3n) is 3.90. The third kappa shape index (κ3) is 2.20. The van der Waals surface area contributed by atoms with Crippen LogP contribution in [-0.2, 0) is 0 Å². The topological polar surface area (TPSA) is 50.8 Å². The van der Waals surface area contributed by atoms with Gasteiger partial charge in [-0.25, -0.2) is 0 Å². The largest absolute Gasteiger partial charge is 0.493 e. The fourth-order valence-electron chi connectivity index (χ4n) is 2.63. The fourth-order valence-corrected chi connectivity index (χ4v) is 3.65. The zero-order chi connectivity index (χ0) is 15.9. The second-order valence-corrected chi connectivity index (χ2v) is 6.13. The van der Waals surface area contributed by atoms with Gasteiger partial charge in [-0.3, -0.25) is 4.79 Å². The molecule has 0 radical (unpaired) electrons. The minimum absolute atomic E-state index is 0.0347. The molecular formula is C16H18N2O3S. The van der Waals surface area contributed by atoms with Crippen LogP contribution in [0.2, 0.25) is 0 Å². The minimum Gasteiger partial charge on any atom is -0.493 e. The van der Waals surface area contributed by atoms with Crippen molar-refractivity contribution in [2.45, 2.75) is 13.1 Å². The summed E-state index contributed by atoms with van der Waals surface area (Å²) in [6, 6.07) is 5.59. The maximum atomic E-state index is 12.7. The summed E-state index contributed by atoms with van der Waals surface area (Å²) in [5.41, 5.74) is 2.52. The van der Waals surface area contributed by atoms with Gasteiger partial charge < -0.3 is 19.7 Å². The first-order valence-electron chi connectivity index (χ1n) is 6.90. The molecule has 1 unspecified atom stereocenters. The summed E-state index contributed by atoms with van der Waals surface area (Å²) in [4.78, 5) is 15.5. The zero-order valence-corrected chi connectivity index (χ0v) is 13.8. The first-order chi connectivity index (χ1) is 10.6. The van der Waals surface area contributed by atoms with Crippen molar-refractivity contribution in [3.63, 3.8) is 0 Å². The lowest BCUT2D eigenvalue weighted by Gasteiger charge is -2.35. The van der Waals surface area contributed by atoms with Crippen LogP contribution in [0.15, 0.2) is 23.6 Å². The molecule has 2 heterocycles. The molecule has 1 aromatic heterocycles. The van der Waals surface area contributed by atoms with E-state index in [1.807, 2.05) is 11.4 Å². The Balaban J connectivity index is 2.08. The van der Waals surface area contributed by atoms with E-state index in [2.05, 4.69) is 18.3 Å². The molecule has 0 bridgehead atoms. The van der Waals surface area contributed by atoms with E-state index < -0.39 is 0 Å². The second-order valence-electron chi connectivity index (χ2n) is 5.18. The smallest absolute Gasteiger partial charge is 0.257 e. The third-order valence-corrected chi connectivity index (χ3v) is 4.98. The lowest BCUT2D eigenvalue weighted by atomic mass is 10.1. The molecule has 0 saturated carbocycles. The Morgan fingerprint density at radius 2 is 1.91 bits per heavy atom. The van der Waals surface area contributed by atoms with Gasteiger partial charge in [0.2, 0.25) is 0 Å². The van der Waals surface area contributed by atoms with Crippen LogP contribution in [-0.4, -0.2) is 32.1 Å². The quantitative estimate of drug-likeness (QED) is 0.943. The van der Waals surface area contributed by atoms with Gasteiger partial charge in [-0.1, -0.05) is 0 Å². The Morgan fingerprint density at radius 3 is 2.50 bits per heavy atom. The molecule has 0 fully saturated rings. The number of nitrogens with one attached hydrogen (secondary N) is 1. The van der Waals surface area contributed by atoms with Crippen molar-refractivity contribution in [1.29, 1.82) is 0 Å². The normalized spacial score (nSPS) is 17.0. The van der Waals surface area contributed by atoms with E-state index in [0.717, 1.165) is 10.6 Å². The van der Waals surface area contributed by atoms with Gasteiger partial charge in [0.1, 0.15) is 6.17 Å². The molecule has 1 amide bonds. The molecule has 3 rings (SSSR count). The number of hydrogen-bond acceptors (Lipinski definition) is 5. The number of aryl methyl sites for hydroxylation is 1. The molecule has 1 aliphatic rings. The predicted octanol–water partition coefficient (Wildman–Crippen LogP) is 3.27. The van der Waals surface area contributed by atoms with Crippen molar-refractivity contribution >= 4 is 22.9 Å². The number of rotatable bonds is 3. The molecule has 22 heavy (non-hydrogen) atoms. The van der Waals surface area contributed by atoms with Crippen LogP contribution in [0.5, 0.6) is 11.5 Å². The summed E-state index contributed by atoms with van der Waals surface area (Å²) in [5, 5.41) is 5.46. The number of fused-ring (bicyclic) bond motifs is 1. The highest BCUT2D eigenvalue weighted by Gasteiger charge is 2.33. The van der Waals surface area contributed by atoms with Crippen LogP contribution in [0, 0.1) is 6.92 Å². The first kappa shape index (κ1) is 14.7. The van der Waals surface area contributed by atoms with E-state index in [9.17, 15) is 4.79 Å². The fraction of sp³-hybridized carbons (Fsp3) is 0.312. The molecule has 1 aliphatic heterocycles. The lowest BCUT2D eigenvalue weighted by Crippen LogP contribution is -2.40. The number of thiophene rings is 1. The van der Waals surface area contributed by atoms with E-state index in [1.165, 1.54) is 5.56 Å². The monoisotopic (exact) mass is 318 g/mol. The van der Waals surface area contributed by atoms with Gasteiger partial charge in [-0.15, -0.1) is 11.3 Å². The van der Waals surface area contributed by atoms with Gasteiger partial charge in [0.25, 0.3) is 5.91 Å². The highest BCUT2D eigenvalue weighted by molar-refractivity contribution is 7.10. The molecule has 0 aliphatic carbocycles. The summed E-state index contributed by atoms with van der Waals surface area (Å²) >= 11 is 1.64. The lowest BCUT2D eigenvalue weighted by molar-refractivity contribution is 0.0737. The molecule has 0 spiro atoms. The number of nitrogens with zero attached hydrogens (tertiary/aromatic N) is 1. The Bertz CT molecular complexity index is 726. The molecule has 6 heteroatoms. The van der Waals surface area contributed by atoms with E-state index >= 15 is 0 Å². The van der Waals surface area contributed by atoms with Gasteiger partial charge in [0.05, 0.1) is 30.3 Å². The van der Waals surface area contributed by atoms with Gasteiger partial charge >= 0.3 is 0 Å². The van der Waals surface area contributed by atoms with Crippen molar-refractivity contribution in [2.24, 2.45) is 0 Å². The van der Waals surface area contributed by atoms with Crippen LogP contribution in [0.25, 0.3) is 0 Å².